The van der Waals surface area contributed by atoms with Gasteiger partial charge in [-0.05, 0) is 49.9 Å². The quantitative estimate of drug-likeness (QED) is 0.823. The van der Waals surface area contributed by atoms with E-state index in [1.54, 1.807) is 12.1 Å². The van der Waals surface area contributed by atoms with Crippen LogP contribution in [0.4, 0.5) is 5.69 Å². The molecule has 0 spiro atoms. The molecule has 1 aromatic carbocycles. The van der Waals surface area contributed by atoms with Crippen molar-refractivity contribution in [2.75, 3.05) is 18.4 Å². The summed E-state index contributed by atoms with van der Waals surface area (Å²) in [7, 11) is -3.56. The highest BCUT2D eigenvalue weighted by Crippen LogP contribution is 2.29. The average molecular weight is 365 g/mol. The smallest absolute Gasteiger partial charge is 0.243 e. The van der Waals surface area contributed by atoms with Crippen molar-refractivity contribution in [3.63, 3.8) is 0 Å². The number of hydrogen-bond donors (Lipinski definition) is 2. The maximum absolute atomic E-state index is 12.7. The second kappa shape index (κ2) is 7.13. The summed E-state index contributed by atoms with van der Waals surface area (Å²) in [4.78, 5) is 23.0. The lowest BCUT2D eigenvalue weighted by atomic mass is 10.1. The summed E-state index contributed by atoms with van der Waals surface area (Å²) in [6, 6.07) is 6.22. The third-order valence-corrected chi connectivity index (χ3v) is 6.47. The number of anilines is 1. The summed E-state index contributed by atoms with van der Waals surface area (Å²) >= 11 is 0. The molecule has 136 valence electrons. The third kappa shape index (κ3) is 4.38. The van der Waals surface area contributed by atoms with Crippen LogP contribution in [0.15, 0.2) is 29.2 Å². The highest BCUT2D eigenvalue weighted by molar-refractivity contribution is 7.89. The average Bonchev–Trinajstić information content (AvgIpc) is 3.40. The predicted molar refractivity (Wildman–Crippen MR) is 93.4 cm³/mol. The first-order valence-electron chi connectivity index (χ1n) is 8.54. The molecule has 2 aliphatic rings. The Kier molecular flexibility index (Phi) is 5.10. The first-order valence-corrected chi connectivity index (χ1v) is 9.98. The van der Waals surface area contributed by atoms with E-state index in [2.05, 4.69) is 10.6 Å². The fraction of sp³-hybridized carbons (Fsp3) is 0.529. The lowest BCUT2D eigenvalue weighted by Gasteiger charge is -2.31. The summed E-state index contributed by atoms with van der Waals surface area (Å²) < 4.78 is 26.9. The fourth-order valence-electron chi connectivity index (χ4n) is 2.97. The van der Waals surface area contributed by atoms with Crippen LogP contribution in [0, 0.1) is 5.92 Å². The first kappa shape index (κ1) is 17.9. The molecule has 0 radical (unpaired) electrons. The van der Waals surface area contributed by atoms with Gasteiger partial charge in [0, 0.05) is 37.7 Å². The van der Waals surface area contributed by atoms with Crippen LogP contribution in [0.1, 0.15) is 32.6 Å². The van der Waals surface area contributed by atoms with Gasteiger partial charge in [0.2, 0.25) is 21.8 Å². The van der Waals surface area contributed by atoms with Gasteiger partial charge in [-0.2, -0.15) is 4.31 Å². The van der Waals surface area contributed by atoms with Crippen LogP contribution in [0.2, 0.25) is 0 Å². The van der Waals surface area contributed by atoms with E-state index >= 15 is 0 Å². The molecule has 0 aromatic heterocycles. The van der Waals surface area contributed by atoms with Crippen molar-refractivity contribution in [1.82, 2.24) is 9.62 Å². The second-order valence-corrected chi connectivity index (χ2v) is 8.60. The van der Waals surface area contributed by atoms with Gasteiger partial charge in [-0.3, -0.25) is 9.59 Å². The number of carbonyl (C=O) groups excluding carboxylic acids is 2. The molecule has 0 atom stereocenters. The molecule has 1 heterocycles. The maximum atomic E-state index is 12.7. The number of nitrogens with one attached hydrogen (secondary N) is 2. The van der Waals surface area contributed by atoms with Crippen molar-refractivity contribution in [3.05, 3.63) is 24.3 Å². The second-order valence-electron chi connectivity index (χ2n) is 6.67. The van der Waals surface area contributed by atoms with Gasteiger partial charge in [0.05, 0.1) is 4.90 Å². The lowest BCUT2D eigenvalue weighted by Crippen LogP contribution is -2.46. The zero-order valence-corrected chi connectivity index (χ0v) is 15.0. The molecule has 8 heteroatoms. The van der Waals surface area contributed by atoms with E-state index in [0.717, 1.165) is 12.8 Å². The normalized spacial score (nSPS) is 19.4. The maximum Gasteiger partial charge on any atom is 0.243 e. The number of nitrogens with zero attached hydrogens (tertiary/aromatic N) is 1. The molecule has 1 aliphatic heterocycles. The van der Waals surface area contributed by atoms with E-state index in [4.69, 9.17) is 0 Å². The van der Waals surface area contributed by atoms with Crippen molar-refractivity contribution in [2.45, 2.75) is 43.5 Å². The van der Waals surface area contributed by atoms with Gasteiger partial charge in [0.25, 0.3) is 0 Å². The summed E-state index contributed by atoms with van der Waals surface area (Å²) in [5.74, 6) is 0.0738. The SMILES string of the molecule is CC(=O)Nc1ccc(S(=O)(=O)N2CCC(NC(=O)C3CC3)CC2)cc1. The minimum absolute atomic E-state index is 0.0571. The van der Waals surface area contributed by atoms with Crippen molar-refractivity contribution in [1.29, 1.82) is 0 Å². The Morgan fingerprint density at radius 2 is 1.64 bits per heavy atom. The fourth-order valence-corrected chi connectivity index (χ4v) is 4.44. The Labute approximate surface area is 147 Å². The van der Waals surface area contributed by atoms with E-state index in [-0.39, 0.29) is 28.7 Å². The summed E-state index contributed by atoms with van der Waals surface area (Å²) in [6.07, 6.45) is 3.18. The molecular weight excluding hydrogens is 342 g/mol. The number of benzene rings is 1. The minimum atomic E-state index is -3.56. The lowest BCUT2D eigenvalue weighted by molar-refractivity contribution is -0.123. The Hall–Kier alpha value is -1.93. The molecule has 0 unspecified atom stereocenters. The van der Waals surface area contributed by atoms with Crippen molar-refractivity contribution in [2.24, 2.45) is 5.92 Å². The van der Waals surface area contributed by atoms with Gasteiger partial charge < -0.3 is 10.6 Å². The van der Waals surface area contributed by atoms with Crippen LogP contribution >= 0.6 is 0 Å². The molecule has 2 N–H and O–H groups in total. The van der Waals surface area contributed by atoms with Crippen LogP contribution in [0.25, 0.3) is 0 Å². The molecule has 1 aliphatic carbocycles. The Morgan fingerprint density at radius 1 is 1.04 bits per heavy atom. The van der Waals surface area contributed by atoms with E-state index in [1.165, 1.54) is 23.4 Å². The Morgan fingerprint density at radius 3 is 2.16 bits per heavy atom. The first-order chi connectivity index (χ1) is 11.9. The molecule has 2 amide bonds. The molecule has 25 heavy (non-hydrogen) atoms. The number of sulfonamides is 1. The predicted octanol–water partition coefficient (Wildman–Crippen LogP) is 1.32. The highest BCUT2D eigenvalue weighted by Gasteiger charge is 2.33. The summed E-state index contributed by atoms with van der Waals surface area (Å²) in [6.45, 7) is 2.19. The van der Waals surface area contributed by atoms with Crippen LogP contribution in [0.3, 0.4) is 0 Å². The van der Waals surface area contributed by atoms with E-state index in [0.29, 0.717) is 31.6 Å². The summed E-state index contributed by atoms with van der Waals surface area (Å²) in [5, 5.41) is 5.63. The van der Waals surface area contributed by atoms with Gasteiger partial charge in [0.15, 0.2) is 0 Å². The minimum Gasteiger partial charge on any atom is -0.353 e. The largest absolute Gasteiger partial charge is 0.353 e. The molecule has 3 rings (SSSR count). The number of piperidine rings is 1. The zero-order valence-electron chi connectivity index (χ0n) is 14.2. The van der Waals surface area contributed by atoms with Gasteiger partial charge in [-0.15, -0.1) is 0 Å². The number of amides is 2. The monoisotopic (exact) mass is 365 g/mol. The Balaban J connectivity index is 1.59. The number of hydrogen-bond acceptors (Lipinski definition) is 4. The molecule has 7 nitrogen and oxygen atoms in total. The topological polar surface area (TPSA) is 95.6 Å². The number of carbonyl (C=O) groups is 2. The standard InChI is InChI=1S/C17H23N3O4S/c1-12(21)18-14-4-6-16(7-5-14)25(23,24)20-10-8-15(9-11-20)19-17(22)13-2-3-13/h4-7,13,15H,2-3,8-11H2,1H3,(H,18,21)(H,19,22). The van der Waals surface area contributed by atoms with Crippen LogP contribution in [-0.4, -0.2) is 43.7 Å². The van der Waals surface area contributed by atoms with E-state index in [1.807, 2.05) is 0 Å². The molecule has 0 bridgehead atoms. The summed E-state index contributed by atoms with van der Waals surface area (Å²) in [5.41, 5.74) is 0.563. The van der Waals surface area contributed by atoms with Crippen LogP contribution in [0.5, 0.6) is 0 Å². The van der Waals surface area contributed by atoms with E-state index < -0.39 is 10.0 Å². The molecule has 1 saturated heterocycles. The highest BCUT2D eigenvalue weighted by atomic mass is 32.2. The van der Waals surface area contributed by atoms with Gasteiger partial charge in [-0.1, -0.05) is 0 Å². The zero-order chi connectivity index (χ0) is 18.0. The van der Waals surface area contributed by atoms with E-state index in [9.17, 15) is 18.0 Å². The van der Waals surface area contributed by atoms with Gasteiger partial charge in [0.1, 0.15) is 0 Å². The van der Waals surface area contributed by atoms with Crippen LogP contribution in [-0.2, 0) is 19.6 Å². The van der Waals surface area contributed by atoms with Crippen molar-refractivity contribution < 1.29 is 18.0 Å². The molecular formula is C17H23N3O4S. The van der Waals surface area contributed by atoms with Gasteiger partial charge >= 0.3 is 0 Å². The molecule has 1 aromatic rings. The molecule has 2 fully saturated rings. The van der Waals surface area contributed by atoms with Gasteiger partial charge in [-0.25, -0.2) is 8.42 Å². The van der Waals surface area contributed by atoms with Crippen molar-refractivity contribution >= 4 is 27.5 Å². The third-order valence-electron chi connectivity index (χ3n) is 4.56. The Bertz CT molecular complexity index is 749. The number of rotatable bonds is 5. The van der Waals surface area contributed by atoms with Crippen molar-refractivity contribution in [3.8, 4) is 0 Å². The van der Waals surface area contributed by atoms with Crippen LogP contribution < -0.4 is 10.6 Å². The molecule has 1 saturated carbocycles.